The van der Waals surface area contributed by atoms with Crippen LogP contribution < -0.4 is 10.2 Å². The van der Waals surface area contributed by atoms with E-state index in [1.807, 2.05) is 36.9 Å². The van der Waals surface area contributed by atoms with Crippen molar-refractivity contribution >= 4 is 33.6 Å². The van der Waals surface area contributed by atoms with Crippen LogP contribution in [0.4, 0.5) is 10.5 Å². The van der Waals surface area contributed by atoms with Gasteiger partial charge in [0, 0.05) is 24.1 Å². The summed E-state index contributed by atoms with van der Waals surface area (Å²) in [4.78, 5) is 16.3. The Morgan fingerprint density at radius 2 is 2.09 bits per heavy atom. The van der Waals surface area contributed by atoms with Gasteiger partial charge in [0.25, 0.3) is 0 Å². The predicted molar refractivity (Wildman–Crippen MR) is 93.6 cm³/mol. The lowest BCUT2D eigenvalue weighted by molar-refractivity contribution is 0.249. The second-order valence-corrected chi connectivity index (χ2v) is 6.38. The second-order valence-electron chi connectivity index (χ2n) is 5.53. The number of hydrogen-bond acceptors (Lipinski definition) is 2. The first kappa shape index (κ1) is 16.8. The third-order valence-corrected chi connectivity index (χ3v) is 4.44. The number of nitrogens with one attached hydrogen (secondary N) is 2. The molecule has 2 N–H and O–H groups in total. The molecular formula is C16H23BrN4O. The maximum Gasteiger partial charge on any atom is 0.328 e. The fourth-order valence-electron chi connectivity index (χ4n) is 2.69. The molecule has 0 saturated carbocycles. The molecule has 0 aromatic heterocycles. The van der Waals surface area contributed by atoms with Crippen molar-refractivity contribution in [2.45, 2.75) is 33.1 Å². The highest BCUT2D eigenvalue weighted by Gasteiger charge is 2.23. The molecule has 0 unspecified atom stereocenters. The summed E-state index contributed by atoms with van der Waals surface area (Å²) in [6.45, 7) is 6.34. The number of amides is 2. The average Bonchev–Trinajstić information content (AvgIpc) is 3.00. The van der Waals surface area contributed by atoms with Crippen molar-refractivity contribution in [3.63, 3.8) is 0 Å². The van der Waals surface area contributed by atoms with Crippen molar-refractivity contribution in [2.24, 2.45) is 0 Å². The topological polar surface area (TPSA) is 59.4 Å². The van der Waals surface area contributed by atoms with Gasteiger partial charge in [-0.15, -0.1) is 0 Å². The van der Waals surface area contributed by atoms with E-state index in [1.165, 1.54) is 0 Å². The number of aryl methyl sites for hydroxylation is 1. The Kier molecular flexibility index (Phi) is 5.83. The standard InChI is InChI=1S/C16H23BrN4O/c1-3-9-21(14-12(2)7-6-8-13(14)17)16(22)19-15(18)20-10-4-5-11-20/h6-8H,3-5,9-11H2,1-2H3,(H2,18,19,22). The maximum absolute atomic E-state index is 12.6. The number of carbonyl (C=O) groups excluding carboxylic acids is 1. The molecule has 6 heteroatoms. The van der Waals surface area contributed by atoms with Crippen molar-refractivity contribution in [1.29, 1.82) is 5.41 Å². The number of anilines is 1. The molecular weight excluding hydrogens is 344 g/mol. The summed E-state index contributed by atoms with van der Waals surface area (Å²) in [7, 11) is 0. The molecule has 0 aliphatic carbocycles. The van der Waals surface area contributed by atoms with Crippen LogP contribution in [0.1, 0.15) is 31.7 Å². The summed E-state index contributed by atoms with van der Waals surface area (Å²) in [6.07, 6.45) is 3.02. The zero-order chi connectivity index (χ0) is 16.1. The molecule has 22 heavy (non-hydrogen) atoms. The lowest BCUT2D eigenvalue weighted by Crippen LogP contribution is -2.48. The van der Waals surface area contributed by atoms with Gasteiger partial charge in [-0.1, -0.05) is 19.1 Å². The number of likely N-dealkylation sites (tertiary alicyclic amines) is 1. The molecule has 0 spiro atoms. The van der Waals surface area contributed by atoms with Gasteiger partial charge in [-0.05, 0) is 53.7 Å². The summed E-state index contributed by atoms with van der Waals surface area (Å²) in [5.41, 5.74) is 1.90. The number of para-hydroxylation sites is 1. The van der Waals surface area contributed by atoms with Gasteiger partial charge in [-0.25, -0.2) is 4.79 Å². The summed E-state index contributed by atoms with van der Waals surface area (Å²) in [5.74, 6) is 0.202. The fourth-order valence-corrected chi connectivity index (χ4v) is 3.37. The Morgan fingerprint density at radius 3 is 2.68 bits per heavy atom. The minimum atomic E-state index is -0.242. The molecule has 0 bridgehead atoms. The van der Waals surface area contributed by atoms with E-state index < -0.39 is 0 Å². The quantitative estimate of drug-likeness (QED) is 0.632. The van der Waals surface area contributed by atoms with E-state index in [0.717, 1.165) is 48.1 Å². The molecule has 0 radical (unpaired) electrons. The molecule has 2 amide bonds. The van der Waals surface area contributed by atoms with Crippen LogP contribution in [0.3, 0.4) is 0 Å². The van der Waals surface area contributed by atoms with Gasteiger partial charge >= 0.3 is 6.03 Å². The van der Waals surface area contributed by atoms with E-state index in [0.29, 0.717) is 6.54 Å². The molecule has 1 saturated heterocycles. The first-order valence-corrected chi connectivity index (χ1v) is 8.51. The summed E-state index contributed by atoms with van der Waals surface area (Å²) in [6, 6.07) is 5.64. The van der Waals surface area contributed by atoms with Gasteiger partial charge < -0.3 is 4.90 Å². The lowest BCUT2D eigenvalue weighted by Gasteiger charge is -2.27. The molecule has 1 aromatic carbocycles. The van der Waals surface area contributed by atoms with Crippen molar-refractivity contribution in [2.75, 3.05) is 24.5 Å². The van der Waals surface area contributed by atoms with Crippen molar-refractivity contribution in [3.8, 4) is 0 Å². The van der Waals surface area contributed by atoms with E-state index in [4.69, 9.17) is 5.41 Å². The highest BCUT2D eigenvalue weighted by atomic mass is 79.9. The fraction of sp³-hybridized carbons (Fsp3) is 0.500. The number of hydrogen-bond donors (Lipinski definition) is 2. The van der Waals surface area contributed by atoms with Crippen molar-refractivity contribution < 1.29 is 4.79 Å². The molecule has 2 rings (SSSR count). The van der Waals surface area contributed by atoms with E-state index in [9.17, 15) is 4.79 Å². The lowest BCUT2D eigenvalue weighted by atomic mass is 10.2. The number of benzene rings is 1. The van der Waals surface area contributed by atoms with Crippen LogP contribution in [-0.4, -0.2) is 36.5 Å². The smallest absolute Gasteiger partial charge is 0.328 e. The zero-order valence-corrected chi connectivity index (χ0v) is 14.7. The molecule has 5 nitrogen and oxygen atoms in total. The third-order valence-electron chi connectivity index (χ3n) is 3.80. The van der Waals surface area contributed by atoms with Gasteiger partial charge in [0.1, 0.15) is 0 Å². The summed E-state index contributed by atoms with van der Waals surface area (Å²) < 4.78 is 0.892. The Balaban J connectivity index is 2.16. The normalized spacial score (nSPS) is 14.0. The average molecular weight is 367 g/mol. The number of carbonyl (C=O) groups is 1. The highest BCUT2D eigenvalue weighted by Crippen LogP contribution is 2.30. The van der Waals surface area contributed by atoms with Gasteiger partial charge in [-0.3, -0.25) is 15.6 Å². The van der Waals surface area contributed by atoms with Crippen molar-refractivity contribution in [3.05, 3.63) is 28.2 Å². The van der Waals surface area contributed by atoms with Crippen LogP contribution in [0, 0.1) is 12.3 Å². The monoisotopic (exact) mass is 366 g/mol. The van der Waals surface area contributed by atoms with Crippen LogP contribution in [0.5, 0.6) is 0 Å². The second kappa shape index (κ2) is 7.63. The number of nitrogens with zero attached hydrogens (tertiary/aromatic N) is 2. The van der Waals surface area contributed by atoms with Crippen LogP contribution in [0.2, 0.25) is 0 Å². The van der Waals surface area contributed by atoms with E-state index >= 15 is 0 Å². The number of rotatable bonds is 3. The predicted octanol–water partition coefficient (Wildman–Crippen LogP) is 3.71. The van der Waals surface area contributed by atoms with E-state index in [1.54, 1.807) is 4.90 Å². The van der Waals surface area contributed by atoms with Gasteiger partial charge in [0.05, 0.1) is 5.69 Å². The summed E-state index contributed by atoms with van der Waals surface area (Å²) >= 11 is 3.53. The van der Waals surface area contributed by atoms with Crippen LogP contribution in [0.25, 0.3) is 0 Å². The Hall–Kier alpha value is -1.56. The minimum absolute atomic E-state index is 0.202. The largest absolute Gasteiger partial charge is 0.343 e. The highest BCUT2D eigenvalue weighted by molar-refractivity contribution is 9.10. The molecule has 1 aliphatic heterocycles. The maximum atomic E-state index is 12.6. The zero-order valence-electron chi connectivity index (χ0n) is 13.2. The number of halogens is 1. The van der Waals surface area contributed by atoms with Crippen molar-refractivity contribution in [1.82, 2.24) is 10.2 Å². The summed E-state index contributed by atoms with van der Waals surface area (Å²) in [5, 5.41) is 10.8. The molecule has 1 fully saturated rings. The Labute approximate surface area is 140 Å². The Bertz CT molecular complexity index is 535. The minimum Gasteiger partial charge on any atom is -0.343 e. The molecule has 0 atom stereocenters. The van der Waals surface area contributed by atoms with E-state index in [2.05, 4.69) is 21.2 Å². The molecule has 120 valence electrons. The van der Waals surface area contributed by atoms with E-state index in [-0.39, 0.29) is 12.0 Å². The molecule has 1 heterocycles. The third kappa shape index (κ3) is 3.80. The van der Waals surface area contributed by atoms with Gasteiger partial charge in [0.15, 0.2) is 5.96 Å². The first-order valence-electron chi connectivity index (χ1n) is 7.71. The van der Waals surface area contributed by atoms with Gasteiger partial charge in [-0.2, -0.15) is 0 Å². The Morgan fingerprint density at radius 1 is 1.41 bits per heavy atom. The van der Waals surface area contributed by atoms with Gasteiger partial charge in [0.2, 0.25) is 0 Å². The number of urea groups is 1. The van der Waals surface area contributed by atoms with Crippen LogP contribution >= 0.6 is 15.9 Å². The first-order chi connectivity index (χ1) is 10.5. The molecule has 1 aromatic rings. The van der Waals surface area contributed by atoms with Crippen LogP contribution in [-0.2, 0) is 0 Å². The van der Waals surface area contributed by atoms with Crippen LogP contribution in [0.15, 0.2) is 22.7 Å². The number of guanidine groups is 1. The SMILES string of the molecule is CCCN(C(=O)NC(=N)N1CCCC1)c1c(C)cccc1Br. The molecule has 1 aliphatic rings.